The molecule has 1 aliphatic rings. The van der Waals surface area contributed by atoms with Crippen molar-refractivity contribution in [2.45, 2.75) is 33.0 Å². The van der Waals surface area contributed by atoms with Crippen LogP contribution < -0.4 is 5.32 Å². The van der Waals surface area contributed by atoms with Crippen molar-refractivity contribution >= 4 is 27.5 Å². The Hall–Kier alpha value is -1.84. The maximum atomic E-state index is 12.5. The highest BCUT2D eigenvalue weighted by Crippen LogP contribution is 2.20. The first kappa shape index (κ1) is 17.5. The van der Waals surface area contributed by atoms with E-state index in [1.54, 1.807) is 4.90 Å². The molecule has 0 spiro atoms. The van der Waals surface area contributed by atoms with Crippen molar-refractivity contribution in [2.75, 3.05) is 18.4 Å². The van der Waals surface area contributed by atoms with Crippen LogP contribution in [0, 0.1) is 18.3 Å². The van der Waals surface area contributed by atoms with Gasteiger partial charge in [-0.2, -0.15) is 5.26 Å². The summed E-state index contributed by atoms with van der Waals surface area (Å²) in [5.74, 6) is -0.268. The van der Waals surface area contributed by atoms with E-state index in [2.05, 4.69) is 21.2 Å². The number of halogens is 1. The third kappa shape index (κ3) is 4.57. The molecule has 1 aliphatic heterocycles. The molecule has 1 fully saturated rings. The Morgan fingerprint density at radius 3 is 2.65 bits per heavy atom. The van der Waals surface area contributed by atoms with Crippen molar-refractivity contribution in [3.8, 4) is 6.07 Å². The average Bonchev–Trinajstić information content (AvgIpc) is 2.50. The number of nitrogens with one attached hydrogen (secondary N) is 1. The lowest BCUT2D eigenvalue weighted by molar-refractivity contribution is -0.138. The summed E-state index contributed by atoms with van der Waals surface area (Å²) in [4.78, 5) is 14.2. The average molecular weight is 378 g/mol. The summed E-state index contributed by atoms with van der Waals surface area (Å²) in [6.45, 7) is 6.83. The molecule has 0 radical (unpaired) electrons. The third-order valence-corrected chi connectivity index (χ3v) is 4.49. The number of morpholine rings is 1. The molecule has 1 N–H and O–H groups in total. The number of hydrogen-bond acceptors (Lipinski definition) is 4. The van der Waals surface area contributed by atoms with E-state index in [4.69, 9.17) is 4.74 Å². The Morgan fingerprint density at radius 2 is 2.09 bits per heavy atom. The first-order chi connectivity index (χ1) is 10.9. The van der Waals surface area contributed by atoms with Gasteiger partial charge >= 0.3 is 0 Å². The Labute approximate surface area is 145 Å². The van der Waals surface area contributed by atoms with Crippen LogP contribution in [0.3, 0.4) is 0 Å². The van der Waals surface area contributed by atoms with Crippen molar-refractivity contribution in [2.24, 2.45) is 0 Å². The molecule has 122 valence electrons. The molecule has 2 unspecified atom stereocenters. The Balaban J connectivity index is 2.10. The van der Waals surface area contributed by atoms with Gasteiger partial charge in [0.05, 0.1) is 12.2 Å². The summed E-state index contributed by atoms with van der Waals surface area (Å²) >= 11 is 3.44. The minimum absolute atomic E-state index is 0.0234. The molecule has 0 aromatic heterocycles. The second-order valence-electron chi connectivity index (χ2n) is 5.75. The number of amides is 1. The van der Waals surface area contributed by atoms with Gasteiger partial charge < -0.3 is 15.0 Å². The lowest BCUT2D eigenvalue weighted by atomic mass is 10.2. The predicted octanol–water partition coefficient (Wildman–Crippen LogP) is 3.21. The van der Waals surface area contributed by atoms with Crippen LogP contribution >= 0.6 is 15.9 Å². The fourth-order valence-electron chi connectivity index (χ4n) is 2.55. The smallest absolute Gasteiger partial charge is 0.266 e. The Kier molecular flexibility index (Phi) is 5.80. The largest absolute Gasteiger partial charge is 0.372 e. The van der Waals surface area contributed by atoms with E-state index in [-0.39, 0.29) is 23.7 Å². The molecule has 0 saturated carbocycles. The molecule has 1 aromatic rings. The zero-order valence-corrected chi connectivity index (χ0v) is 15.1. The van der Waals surface area contributed by atoms with Crippen LogP contribution in [0.4, 0.5) is 5.69 Å². The quantitative estimate of drug-likeness (QED) is 0.648. The number of anilines is 1. The molecule has 2 atom stereocenters. The van der Waals surface area contributed by atoms with Gasteiger partial charge in [0.15, 0.2) is 0 Å². The summed E-state index contributed by atoms with van der Waals surface area (Å²) in [7, 11) is 0. The van der Waals surface area contributed by atoms with Gasteiger partial charge in [-0.15, -0.1) is 0 Å². The first-order valence-electron chi connectivity index (χ1n) is 7.48. The van der Waals surface area contributed by atoms with Gasteiger partial charge in [0, 0.05) is 29.4 Å². The van der Waals surface area contributed by atoms with Crippen LogP contribution in [-0.2, 0) is 9.53 Å². The molecule has 2 rings (SSSR count). The predicted molar refractivity (Wildman–Crippen MR) is 92.8 cm³/mol. The molecule has 1 saturated heterocycles. The monoisotopic (exact) mass is 377 g/mol. The minimum Gasteiger partial charge on any atom is -0.372 e. The van der Waals surface area contributed by atoms with Crippen LogP contribution in [0.2, 0.25) is 0 Å². The van der Waals surface area contributed by atoms with E-state index in [0.717, 1.165) is 15.7 Å². The van der Waals surface area contributed by atoms with Crippen molar-refractivity contribution in [1.82, 2.24) is 4.90 Å². The SMILES string of the molecule is Cc1cc(N/C=C(/C#N)C(=O)N2CC(C)OC(C)C2)ccc1Br. The number of carbonyl (C=O) groups is 1. The fourth-order valence-corrected chi connectivity index (χ4v) is 2.79. The Bertz CT molecular complexity index is 656. The fraction of sp³-hybridized carbons (Fsp3) is 0.412. The van der Waals surface area contributed by atoms with Crippen molar-refractivity contribution in [3.63, 3.8) is 0 Å². The molecule has 5 nitrogen and oxygen atoms in total. The number of rotatable bonds is 3. The highest BCUT2D eigenvalue weighted by Gasteiger charge is 2.27. The van der Waals surface area contributed by atoms with Crippen LogP contribution in [0.25, 0.3) is 0 Å². The zero-order valence-electron chi connectivity index (χ0n) is 13.5. The maximum Gasteiger partial charge on any atom is 0.266 e. The van der Waals surface area contributed by atoms with Crippen molar-refractivity contribution in [3.05, 3.63) is 40.0 Å². The lowest BCUT2D eigenvalue weighted by Crippen LogP contribution is -2.48. The third-order valence-electron chi connectivity index (χ3n) is 3.60. The van der Waals surface area contributed by atoms with E-state index in [1.807, 2.05) is 45.0 Å². The van der Waals surface area contributed by atoms with E-state index in [1.165, 1.54) is 6.20 Å². The summed E-state index contributed by atoms with van der Waals surface area (Å²) in [6, 6.07) is 7.73. The molecule has 1 heterocycles. The van der Waals surface area contributed by atoms with Gasteiger partial charge in [0.1, 0.15) is 11.6 Å². The summed E-state index contributed by atoms with van der Waals surface area (Å²) in [6.07, 6.45) is 1.42. The zero-order chi connectivity index (χ0) is 17.0. The molecular formula is C17H20BrN3O2. The lowest BCUT2D eigenvalue weighted by Gasteiger charge is -2.35. The van der Waals surface area contributed by atoms with E-state index < -0.39 is 0 Å². The highest BCUT2D eigenvalue weighted by molar-refractivity contribution is 9.10. The molecular weight excluding hydrogens is 358 g/mol. The number of ether oxygens (including phenoxy) is 1. The maximum absolute atomic E-state index is 12.5. The molecule has 0 aliphatic carbocycles. The molecule has 1 aromatic carbocycles. The van der Waals surface area contributed by atoms with Gasteiger partial charge in [-0.05, 0) is 44.5 Å². The minimum atomic E-state index is -0.268. The second-order valence-corrected chi connectivity index (χ2v) is 6.60. The molecule has 23 heavy (non-hydrogen) atoms. The first-order valence-corrected chi connectivity index (χ1v) is 8.27. The van der Waals surface area contributed by atoms with Crippen LogP contribution in [0.1, 0.15) is 19.4 Å². The van der Waals surface area contributed by atoms with E-state index in [9.17, 15) is 10.1 Å². The highest BCUT2D eigenvalue weighted by atomic mass is 79.9. The van der Waals surface area contributed by atoms with Gasteiger partial charge in [0.25, 0.3) is 5.91 Å². The second kappa shape index (κ2) is 7.62. The van der Waals surface area contributed by atoms with E-state index >= 15 is 0 Å². The summed E-state index contributed by atoms with van der Waals surface area (Å²) < 4.78 is 6.63. The van der Waals surface area contributed by atoms with Crippen LogP contribution in [0.15, 0.2) is 34.4 Å². The van der Waals surface area contributed by atoms with Crippen LogP contribution in [-0.4, -0.2) is 36.1 Å². The van der Waals surface area contributed by atoms with Gasteiger partial charge in [-0.25, -0.2) is 0 Å². The number of benzene rings is 1. The van der Waals surface area contributed by atoms with Gasteiger partial charge in [0.2, 0.25) is 0 Å². The van der Waals surface area contributed by atoms with Gasteiger partial charge in [-0.1, -0.05) is 15.9 Å². The normalized spacial score (nSPS) is 21.7. The summed E-state index contributed by atoms with van der Waals surface area (Å²) in [5, 5.41) is 12.3. The number of hydrogen-bond donors (Lipinski definition) is 1. The number of nitriles is 1. The number of carbonyl (C=O) groups excluding carboxylic acids is 1. The number of nitrogens with zero attached hydrogens (tertiary/aromatic N) is 2. The molecule has 0 bridgehead atoms. The van der Waals surface area contributed by atoms with Gasteiger partial charge in [-0.3, -0.25) is 4.79 Å². The van der Waals surface area contributed by atoms with E-state index in [0.29, 0.717) is 13.1 Å². The topological polar surface area (TPSA) is 65.4 Å². The Morgan fingerprint density at radius 1 is 1.43 bits per heavy atom. The molecule has 1 amide bonds. The number of aryl methyl sites for hydroxylation is 1. The standard InChI is InChI=1S/C17H20BrN3O2/c1-11-6-15(4-5-16(11)18)20-8-14(7-19)17(22)21-9-12(2)23-13(3)10-21/h4-6,8,12-13,20H,9-10H2,1-3H3/b14-8-. The molecule has 6 heteroatoms. The van der Waals surface area contributed by atoms with Crippen molar-refractivity contribution < 1.29 is 9.53 Å². The van der Waals surface area contributed by atoms with Crippen molar-refractivity contribution in [1.29, 1.82) is 5.26 Å². The summed E-state index contributed by atoms with van der Waals surface area (Å²) in [5.41, 5.74) is 1.99. The van der Waals surface area contributed by atoms with Crippen LogP contribution in [0.5, 0.6) is 0 Å².